The molecule has 1 N–H and O–H groups in total. The first kappa shape index (κ1) is 16.5. The summed E-state index contributed by atoms with van der Waals surface area (Å²) in [5, 5.41) is 11.1. The van der Waals surface area contributed by atoms with Crippen molar-refractivity contribution < 1.29 is 27.8 Å². The van der Waals surface area contributed by atoms with Gasteiger partial charge < -0.3 is 14.6 Å². The van der Waals surface area contributed by atoms with Crippen molar-refractivity contribution in [3.05, 3.63) is 29.3 Å². The molecular formula is C16H20F3NO3. The van der Waals surface area contributed by atoms with Gasteiger partial charge >= 0.3 is 6.18 Å². The molecular weight excluding hydrogens is 311 g/mol. The lowest BCUT2D eigenvalue weighted by Crippen LogP contribution is -2.59. The van der Waals surface area contributed by atoms with Crippen LogP contribution in [0.15, 0.2) is 18.2 Å². The fraction of sp³-hybridized carbons (Fsp3) is 0.625. The number of aliphatic hydroxyl groups is 1. The second-order valence-corrected chi connectivity index (χ2v) is 6.36. The molecule has 0 saturated carbocycles. The maximum atomic E-state index is 13.0. The standard InChI is InChI=1S/C16H20F3NO3/c1-20-11-6-15(21,7-12(20)9-23-8-11)10-3-4-13(16(17,18)19)14(5-10)22-2/h3-5,11-12,21H,6-9H2,1-2H3. The Kier molecular flexibility index (Phi) is 4.06. The molecule has 1 aromatic carbocycles. The fourth-order valence-corrected chi connectivity index (χ4v) is 3.59. The normalized spacial score (nSPS) is 31.9. The van der Waals surface area contributed by atoms with E-state index in [9.17, 15) is 18.3 Å². The van der Waals surface area contributed by atoms with Gasteiger partial charge in [0.15, 0.2) is 0 Å². The summed E-state index contributed by atoms with van der Waals surface area (Å²) < 4.78 is 49.4. The summed E-state index contributed by atoms with van der Waals surface area (Å²) in [7, 11) is 3.19. The largest absolute Gasteiger partial charge is 0.496 e. The van der Waals surface area contributed by atoms with Gasteiger partial charge in [0.05, 0.1) is 31.5 Å². The van der Waals surface area contributed by atoms with E-state index in [1.807, 2.05) is 7.05 Å². The molecule has 2 fully saturated rings. The molecule has 2 bridgehead atoms. The van der Waals surface area contributed by atoms with Crippen LogP contribution in [0.25, 0.3) is 0 Å². The summed E-state index contributed by atoms with van der Waals surface area (Å²) >= 11 is 0. The summed E-state index contributed by atoms with van der Waals surface area (Å²) in [6.45, 7) is 1.04. The van der Waals surface area contributed by atoms with Crippen LogP contribution >= 0.6 is 0 Å². The number of fused-ring (bicyclic) bond motifs is 2. The predicted molar refractivity (Wildman–Crippen MR) is 77.3 cm³/mol. The molecule has 7 heteroatoms. The molecule has 0 radical (unpaired) electrons. The lowest BCUT2D eigenvalue weighted by molar-refractivity contribution is -0.140. The summed E-state index contributed by atoms with van der Waals surface area (Å²) in [6, 6.07) is 3.76. The molecule has 2 atom stereocenters. The van der Waals surface area contributed by atoms with E-state index in [0.29, 0.717) is 31.6 Å². The van der Waals surface area contributed by atoms with E-state index >= 15 is 0 Å². The maximum absolute atomic E-state index is 13.0. The average molecular weight is 331 g/mol. The summed E-state index contributed by atoms with van der Waals surface area (Å²) in [5.41, 5.74) is -1.53. The van der Waals surface area contributed by atoms with Crippen LogP contribution in [0.4, 0.5) is 13.2 Å². The van der Waals surface area contributed by atoms with Crippen molar-refractivity contribution >= 4 is 0 Å². The third-order valence-electron chi connectivity index (χ3n) is 4.96. The van der Waals surface area contributed by atoms with Crippen LogP contribution < -0.4 is 4.74 Å². The van der Waals surface area contributed by atoms with Crippen LogP contribution in [-0.2, 0) is 16.5 Å². The molecule has 128 valence electrons. The Bertz CT molecular complexity index is 576. The zero-order valence-electron chi connectivity index (χ0n) is 13.1. The molecule has 1 aromatic rings. The third-order valence-corrected chi connectivity index (χ3v) is 4.96. The number of halogens is 3. The molecule has 2 unspecified atom stereocenters. The molecule has 23 heavy (non-hydrogen) atoms. The quantitative estimate of drug-likeness (QED) is 0.904. The van der Waals surface area contributed by atoms with Gasteiger partial charge in [0.2, 0.25) is 0 Å². The molecule has 4 nitrogen and oxygen atoms in total. The number of likely N-dealkylation sites (N-methyl/N-ethyl adjacent to an activating group) is 1. The zero-order chi connectivity index (χ0) is 16.8. The minimum Gasteiger partial charge on any atom is -0.496 e. The molecule has 2 saturated heterocycles. The Morgan fingerprint density at radius 2 is 1.87 bits per heavy atom. The highest BCUT2D eigenvalue weighted by Gasteiger charge is 2.46. The van der Waals surface area contributed by atoms with Gasteiger partial charge in [-0.1, -0.05) is 6.07 Å². The number of morpholine rings is 1. The summed E-state index contributed by atoms with van der Waals surface area (Å²) in [4.78, 5) is 2.18. The van der Waals surface area contributed by atoms with Gasteiger partial charge in [-0.15, -0.1) is 0 Å². The van der Waals surface area contributed by atoms with E-state index in [2.05, 4.69) is 4.90 Å². The lowest BCUT2D eigenvalue weighted by atomic mass is 9.77. The van der Waals surface area contributed by atoms with Crippen molar-refractivity contribution in [2.45, 2.75) is 36.7 Å². The van der Waals surface area contributed by atoms with Gasteiger partial charge in [-0.2, -0.15) is 13.2 Å². The van der Waals surface area contributed by atoms with Crippen LogP contribution in [-0.4, -0.2) is 49.5 Å². The highest BCUT2D eigenvalue weighted by molar-refractivity contribution is 5.42. The molecule has 0 aliphatic carbocycles. The molecule has 2 aliphatic heterocycles. The first-order valence-electron chi connectivity index (χ1n) is 7.52. The Morgan fingerprint density at radius 1 is 1.26 bits per heavy atom. The van der Waals surface area contributed by atoms with E-state index in [-0.39, 0.29) is 17.8 Å². The van der Waals surface area contributed by atoms with Crippen molar-refractivity contribution in [2.75, 3.05) is 27.4 Å². The maximum Gasteiger partial charge on any atom is 0.419 e. The van der Waals surface area contributed by atoms with E-state index in [0.717, 1.165) is 6.07 Å². The van der Waals surface area contributed by atoms with Gasteiger partial charge in [-0.05, 0) is 37.6 Å². The van der Waals surface area contributed by atoms with E-state index in [1.54, 1.807) is 0 Å². The molecule has 3 rings (SSSR count). The number of alkyl halides is 3. The number of ether oxygens (including phenoxy) is 2. The third kappa shape index (κ3) is 2.93. The second-order valence-electron chi connectivity index (χ2n) is 6.36. The van der Waals surface area contributed by atoms with E-state index < -0.39 is 17.3 Å². The first-order chi connectivity index (χ1) is 10.7. The number of hydrogen-bond donors (Lipinski definition) is 1. The molecule has 0 aromatic heterocycles. The fourth-order valence-electron chi connectivity index (χ4n) is 3.59. The van der Waals surface area contributed by atoms with Crippen LogP contribution in [0.5, 0.6) is 5.75 Å². The Balaban J connectivity index is 1.95. The van der Waals surface area contributed by atoms with Crippen molar-refractivity contribution in [3.63, 3.8) is 0 Å². The summed E-state index contributed by atoms with van der Waals surface area (Å²) in [5.74, 6) is -0.260. The highest BCUT2D eigenvalue weighted by Crippen LogP contribution is 2.43. The average Bonchev–Trinajstić information content (AvgIpc) is 2.47. The minimum atomic E-state index is -4.48. The molecule has 0 spiro atoms. The number of methoxy groups -OCH3 is 1. The van der Waals surface area contributed by atoms with Crippen molar-refractivity contribution in [1.82, 2.24) is 4.90 Å². The monoisotopic (exact) mass is 331 g/mol. The van der Waals surface area contributed by atoms with Crippen LogP contribution in [0.3, 0.4) is 0 Å². The SMILES string of the molecule is COc1cc(C2(O)CC3COCC(C2)N3C)ccc1C(F)(F)F. The van der Waals surface area contributed by atoms with E-state index in [4.69, 9.17) is 9.47 Å². The number of benzene rings is 1. The first-order valence-corrected chi connectivity index (χ1v) is 7.52. The number of hydrogen-bond acceptors (Lipinski definition) is 4. The Morgan fingerprint density at radius 3 is 2.39 bits per heavy atom. The Labute approximate surface area is 132 Å². The second kappa shape index (κ2) is 5.65. The lowest BCUT2D eigenvalue weighted by Gasteiger charge is -2.50. The van der Waals surface area contributed by atoms with Crippen LogP contribution in [0.1, 0.15) is 24.0 Å². The van der Waals surface area contributed by atoms with Gasteiger partial charge in [0.25, 0.3) is 0 Å². The number of piperidine rings is 1. The summed E-state index contributed by atoms with van der Waals surface area (Å²) in [6.07, 6.45) is -3.63. The molecule has 2 heterocycles. The van der Waals surface area contributed by atoms with Gasteiger partial charge in [-0.3, -0.25) is 4.90 Å². The predicted octanol–water partition coefficient (Wildman–Crippen LogP) is 2.39. The van der Waals surface area contributed by atoms with Gasteiger partial charge in [0.1, 0.15) is 5.75 Å². The number of nitrogens with zero attached hydrogens (tertiary/aromatic N) is 1. The zero-order valence-corrected chi connectivity index (χ0v) is 13.1. The van der Waals surface area contributed by atoms with Crippen molar-refractivity contribution in [1.29, 1.82) is 0 Å². The minimum absolute atomic E-state index is 0.0563. The molecule has 2 aliphatic rings. The van der Waals surface area contributed by atoms with E-state index in [1.165, 1.54) is 19.2 Å². The Hall–Kier alpha value is -1.31. The smallest absolute Gasteiger partial charge is 0.419 e. The van der Waals surface area contributed by atoms with Crippen LogP contribution in [0.2, 0.25) is 0 Å². The van der Waals surface area contributed by atoms with Crippen molar-refractivity contribution in [3.8, 4) is 5.75 Å². The van der Waals surface area contributed by atoms with Crippen molar-refractivity contribution in [2.24, 2.45) is 0 Å². The topological polar surface area (TPSA) is 41.9 Å². The van der Waals surface area contributed by atoms with Crippen LogP contribution in [0, 0.1) is 0 Å². The highest BCUT2D eigenvalue weighted by atomic mass is 19.4. The number of rotatable bonds is 2. The van der Waals surface area contributed by atoms with Gasteiger partial charge in [-0.25, -0.2) is 0 Å². The molecule has 0 amide bonds. The van der Waals surface area contributed by atoms with Gasteiger partial charge in [0, 0.05) is 12.1 Å².